The van der Waals surface area contributed by atoms with Crippen molar-refractivity contribution in [2.24, 2.45) is 23.2 Å². The molecule has 15 nitrogen and oxygen atoms in total. The zero-order chi connectivity index (χ0) is 34.5. The third kappa shape index (κ3) is 8.92. The van der Waals surface area contributed by atoms with Crippen LogP contribution in [0.1, 0.15) is 98.7 Å². The lowest BCUT2D eigenvalue weighted by molar-refractivity contribution is -0.146. The molecule has 2 heterocycles. The van der Waals surface area contributed by atoms with Gasteiger partial charge in [-0.25, -0.2) is 0 Å². The zero-order valence-corrected chi connectivity index (χ0v) is 28.4. The Morgan fingerprint density at radius 1 is 1.00 bits per heavy atom. The van der Waals surface area contributed by atoms with Gasteiger partial charge in [0.25, 0.3) is 5.91 Å². The Labute approximate surface area is 275 Å². The Hall–Kier alpha value is -3.91. The van der Waals surface area contributed by atoms with Crippen LogP contribution in [-0.4, -0.2) is 97.6 Å². The Balaban J connectivity index is 1.52. The van der Waals surface area contributed by atoms with Crippen molar-refractivity contribution in [1.82, 2.24) is 46.8 Å². The molecular weight excluding hydrogens is 606 g/mol. The minimum atomic E-state index is -1.01. The van der Waals surface area contributed by atoms with Crippen molar-refractivity contribution < 1.29 is 28.8 Å². The molecule has 3 aliphatic rings. The fourth-order valence-corrected chi connectivity index (χ4v) is 6.70. The van der Waals surface area contributed by atoms with E-state index in [-0.39, 0.29) is 36.0 Å². The molecule has 1 saturated heterocycles. The summed E-state index contributed by atoms with van der Waals surface area (Å²) >= 11 is 0. The van der Waals surface area contributed by atoms with E-state index < -0.39 is 64.9 Å². The number of amides is 5. The second-order valence-electron chi connectivity index (χ2n) is 14.5. The lowest BCUT2D eigenvalue weighted by Crippen LogP contribution is -2.62. The Morgan fingerprint density at radius 2 is 1.72 bits per heavy atom. The van der Waals surface area contributed by atoms with Crippen LogP contribution in [0.15, 0.2) is 0 Å². The van der Waals surface area contributed by atoms with Crippen LogP contribution < -0.4 is 21.3 Å². The van der Waals surface area contributed by atoms with Gasteiger partial charge in [0.1, 0.15) is 18.1 Å². The summed E-state index contributed by atoms with van der Waals surface area (Å²) in [5.41, 5.74) is -0.748. The first kappa shape index (κ1) is 35.9. The molecule has 2 aliphatic carbocycles. The summed E-state index contributed by atoms with van der Waals surface area (Å²) in [5, 5.41) is 24.6. The SMILES string of the molecule is CCCC(NC(=O)[C@@H]1[C@H]2CCC[C@H]2CN1C(=O)[C@@H](NC(=O)[C@@H](NC(=O)Cc1nn[nH]n1)[C@@H](C)CC)C(C)(C)C)C(=O)C(=O)NC1CC1. The van der Waals surface area contributed by atoms with Crippen LogP contribution in [-0.2, 0) is 35.2 Å². The average Bonchev–Trinajstić information content (AvgIpc) is 3.34. The Kier molecular flexibility index (Phi) is 11.7. The van der Waals surface area contributed by atoms with Gasteiger partial charge in [-0.2, -0.15) is 5.21 Å². The van der Waals surface area contributed by atoms with Gasteiger partial charge < -0.3 is 26.2 Å². The molecule has 4 rings (SSSR count). The fourth-order valence-electron chi connectivity index (χ4n) is 6.70. The monoisotopic (exact) mass is 657 g/mol. The second-order valence-corrected chi connectivity index (χ2v) is 14.5. The van der Waals surface area contributed by atoms with Gasteiger partial charge in [0.15, 0.2) is 5.82 Å². The molecule has 5 N–H and O–H groups in total. The van der Waals surface area contributed by atoms with Gasteiger partial charge in [-0.05, 0) is 55.3 Å². The molecule has 47 heavy (non-hydrogen) atoms. The van der Waals surface area contributed by atoms with Gasteiger partial charge in [-0.15, -0.1) is 10.2 Å². The van der Waals surface area contributed by atoms with E-state index in [1.54, 1.807) is 4.90 Å². The number of aromatic amines is 1. The van der Waals surface area contributed by atoms with Crippen LogP contribution in [0.25, 0.3) is 0 Å². The van der Waals surface area contributed by atoms with E-state index in [1.807, 2.05) is 41.5 Å². The molecule has 1 unspecified atom stereocenters. The molecule has 2 saturated carbocycles. The number of nitrogens with one attached hydrogen (secondary N) is 5. The van der Waals surface area contributed by atoms with Crippen LogP contribution >= 0.6 is 0 Å². The molecule has 260 valence electrons. The number of carbonyl (C=O) groups excluding carboxylic acids is 6. The summed E-state index contributed by atoms with van der Waals surface area (Å²) in [6.45, 7) is 11.5. The summed E-state index contributed by atoms with van der Waals surface area (Å²) in [4.78, 5) is 82.2. The van der Waals surface area contributed by atoms with Crippen LogP contribution in [0.5, 0.6) is 0 Å². The lowest BCUT2D eigenvalue weighted by Gasteiger charge is -2.37. The largest absolute Gasteiger partial charge is 0.347 e. The summed E-state index contributed by atoms with van der Waals surface area (Å²) in [6, 6.07) is -3.77. The maximum absolute atomic E-state index is 14.4. The predicted octanol–water partition coefficient (Wildman–Crippen LogP) is 0.564. The Morgan fingerprint density at radius 3 is 2.32 bits per heavy atom. The number of nitrogens with zero attached hydrogens (tertiary/aromatic N) is 4. The van der Waals surface area contributed by atoms with Crippen LogP contribution in [0.2, 0.25) is 0 Å². The van der Waals surface area contributed by atoms with E-state index in [1.165, 1.54) is 0 Å². The number of fused-ring (bicyclic) bond motifs is 1. The number of hydrogen-bond acceptors (Lipinski definition) is 9. The van der Waals surface area contributed by atoms with Crippen LogP contribution in [0.4, 0.5) is 0 Å². The van der Waals surface area contributed by atoms with Crippen molar-refractivity contribution in [2.75, 3.05) is 6.54 Å². The topological polar surface area (TPSA) is 208 Å². The number of Topliss-reactive ketones (excluding diaryl/α,β-unsaturated/α-hetero) is 1. The van der Waals surface area contributed by atoms with E-state index in [2.05, 4.69) is 41.9 Å². The summed E-state index contributed by atoms with van der Waals surface area (Å²) in [6.07, 6.45) is 5.52. The smallest absolute Gasteiger partial charge is 0.289 e. The standard InChI is InChI=1S/C32H51N9O6/c1-7-10-21(26(43)30(46)33-19-13-14-19)34-29(45)25-20-12-9-11-18(20)16-41(25)31(47)27(32(4,5)6)36-28(44)24(17(3)8-2)35-23(42)15-22-37-39-40-38-22/h17-21,24-25,27H,7-16H2,1-6H3,(H,33,46)(H,34,45)(H,35,42)(H,36,44)(H,37,38,39,40)/t17-,18-,20-,21?,24-,25-,27+/m0/s1. The lowest BCUT2D eigenvalue weighted by atomic mass is 9.84. The van der Waals surface area contributed by atoms with Crippen molar-refractivity contribution >= 4 is 35.3 Å². The number of rotatable bonds is 15. The zero-order valence-electron chi connectivity index (χ0n) is 28.4. The minimum Gasteiger partial charge on any atom is -0.347 e. The van der Waals surface area contributed by atoms with Crippen molar-refractivity contribution in [3.63, 3.8) is 0 Å². The molecule has 5 amide bonds. The highest BCUT2D eigenvalue weighted by molar-refractivity contribution is 6.38. The number of tetrazole rings is 1. The Bertz CT molecular complexity index is 1310. The highest BCUT2D eigenvalue weighted by Gasteiger charge is 2.52. The average molecular weight is 658 g/mol. The number of carbonyl (C=O) groups is 6. The fraction of sp³-hybridized carbons (Fsp3) is 0.781. The molecule has 15 heteroatoms. The first-order valence-electron chi connectivity index (χ1n) is 17.0. The van der Waals surface area contributed by atoms with Crippen LogP contribution in [0.3, 0.4) is 0 Å². The molecule has 1 aromatic rings. The van der Waals surface area contributed by atoms with Crippen molar-refractivity contribution in [2.45, 2.75) is 130 Å². The minimum absolute atomic E-state index is 0.00913. The van der Waals surface area contributed by atoms with E-state index >= 15 is 0 Å². The number of hydrogen-bond donors (Lipinski definition) is 5. The normalized spacial score (nSPS) is 23.2. The van der Waals surface area contributed by atoms with Gasteiger partial charge in [-0.3, -0.25) is 28.8 Å². The van der Waals surface area contributed by atoms with Crippen molar-refractivity contribution in [3.05, 3.63) is 5.82 Å². The second kappa shape index (κ2) is 15.3. The van der Waals surface area contributed by atoms with Gasteiger partial charge in [0.05, 0.1) is 12.5 Å². The highest BCUT2D eigenvalue weighted by atomic mass is 16.2. The third-order valence-electron chi connectivity index (χ3n) is 9.71. The van der Waals surface area contributed by atoms with E-state index in [9.17, 15) is 28.8 Å². The molecule has 7 atom stereocenters. The first-order valence-corrected chi connectivity index (χ1v) is 17.0. The molecule has 3 fully saturated rings. The first-order chi connectivity index (χ1) is 22.2. The molecule has 0 bridgehead atoms. The van der Waals surface area contributed by atoms with E-state index in [0.717, 1.165) is 32.1 Å². The van der Waals surface area contributed by atoms with Crippen LogP contribution in [0, 0.1) is 23.2 Å². The van der Waals surface area contributed by atoms with Crippen molar-refractivity contribution in [3.8, 4) is 0 Å². The predicted molar refractivity (Wildman–Crippen MR) is 170 cm³/mol. The van der Waals surface area contributed by atoms with E-state index in [0.29, 0.717) is 25.8 Å². The number of ketones is 1. The molecule has 0 spiro atoms. The quantitative estimate of drug-likeness (QED) is 0.167. The highest BCUT2D eigenvalue weighted by Crippen LogP contribution is 2.43. The molecule has 0 aromatic carbocycles. The van der Waals surface area contributed by atoms with Gasteiger partial charge in [0.2, 0.25) is 29.4 Å². The summed E-state index contributed by atoms with van der Waals surface area (Å²) in [5.74, 6) is -3.24. The molecule has 0 radical (unpaired) electrons. The van der Waals surface area contributed by atoms with Gasteiger partial charge >= 0.3 is 0 Å². The maximum atomic E-state index is 14.4. The molecular formula is C32H51N9O6. The maximum Gasteiger partial charge on any atom is 0.289 e. The number of aromatic nitrogens is 4. The van der Waals surface area contributed by atoms with E-state index in [4.69, 9.17) is 0 Å². The number of H-pyrrole nitrogens is 1. The summed E-state index contributed by atoms with van der Waals surface area (Å²) < 4.78 is 0. The van der Waals surface area contributed by atoms with Crippen molar-refractivity contribution in [1.29, 1.82) is 0 Å². The van der Waals surface area contributed by atoms with Gasteiger partial charge in [0, 0.05) is 12.6 Å². The molecule has 1 aliphatic heterocycles. The number of likely N-dealkylation sites (tertiary alicyclic amines) is 1. The summed E-state index contributed by atoms with van der Waals surface area (Å²) in [7, 11) is 0. The molecule has 1 aromatic heterocycles. The van der Waals surface area contributed by atoms with Gasteiger partial charge in [-0.1, -0.05) is 66.0 Å². The third-order valence-corrected chi connectivity index (χ3v) is 9.71.